The molecule has 1 heterocycles. The van der Waals surface area contributed by atoms with Crippen LogP contribution in [0.2, 0.25) is 0 Å². The summed E-state index contributed by atoms with van der Waals surface area (Å²) in [4.78, 5) is 14.7. The van der Waals surface area contributed by atoms with Gasteiger partial charge in [0.2, 0.25) is 0 Å². The number of hydrogen-bond donors (Lipinski definition) is 0. The van der Waals surface area contributed by atoms with E-state index in [0.717, 1.165) is 23.4 Å². The minimum Gasteiger partial charge on any atom is -0.481 e. The van der Waals surface area contributed by atoms with E-state index in [9.17, 15) is 4.79 Å². The molecule has 22 heavy (non-hydrogen) atoms. The molecule has 0 saturated carbocycles. The van der Waals surface area contributed by atoms with E-state index in [-0.39, 0.29) is 11.9 Å². The molecule has 3 nitrogen and oxygen atoms in total. The number of amides is 1. The van der Waals surface area contributed by atoms with Gasteiger partial charge >= 0.3 is 0 Å². The Morgan fingerprint density at radius 2 is 1.86 bits per heavy atom. The van der Waals surface area contributed by atoms with Crippen LogP contribution >= 0.6 is 0 Å². The zero-order valence-electron chi connectivity index (χ0n) is 13.2. The first kappa shape index (κ1) is 14.6. The van der Waals surface area contributed by atoms with Crippen molar-refractivity contribution in [2.24, 2.45) is 0 Å². The molecule has 0 unspecified atom stereocenters. The smallest absolute Gasteiger partial charge is 0.268 e. The number of rotatable bonds is 3. The molecule has 2 atom stereocenters. The Hall–Kier alpha value is -2.29. The highest BCUT2D eigenvalue weighted by molar-refractivity contribution is 5.99. The zero-order valence-corrected chi connectivity index (χ0v) is 13.2. The van der Waals surface area contributed by atoms with E-state index < -0.39 is 6.10 Å². The van der Waals surface area contributed by atoms with Gasteiger partial charge in [-0.25, -0.2) is 0 Å². The van der Waals surface area contributed by atoms with Gasteiger partial charge in [0.1, 0.15) is 5.75 Å². The fourth-order valence-electron chi connectivity index (χ4n) is 3.03. The van der Waals surface area contributed by atoms with Gasteiger partial charge in [-0.1, -0.05) is 36.4 Å². The maximum absolute atomic E-state index is 12.8. The molecule has 1 aliphatic heterocycles. The van der Waals surface area contributed by atoms with Crippen LogP contribution in [0.1, 0.15) is 25.0 Å². The predicted molar refractivity (Wildman–Crippen MR) is 88.4 cm³/mol. The third kappa shape index (κ3) is 2.59. The van der Waals surface area contributed by atoms with Gasteiger partial charge in [0, 0.05) is 11.7 Å². The van der Waals surface area contributed by atoms with Gasteiger partial charge in [-0.2, -0.15) is 0 Å². The Morgan fingerprint density at radius 3 is 2.64 bits per heavy atom. The molecule has 3 heteroatoms. The Morgan fingerprint density at radius 1 is 1.18 bits per heavy atom. The summed E-state index contributed by atoms with van der Waals surface area (Å²) >= 11 is 0. The summed E-state index contributed by atoms with van der Waals surface area (Å²) in [5.41, 5.74) is 3.28. The number of anilines is 1. The van der Waals surface area contributed by atoms with E-state index >= 15 is 0 Å². The number of ether oxygens (including phenoxy) is 1. The van der Waals surface area contributed by atoms with Crippen molar-refractivity contribution in [3.63, 3.8) is 0 Å². The molecule has 1 amide bonds. The fourth-order valence-corrected chi connectivity index (χ4v) is 3.03. The van der Waals surface area contributed by atoms with Gasteiger partial charge < -0.3 is 9.64 Å². The van der Waals surface area contributed by atoms with Crippen LogP contribution in [-0.2, 0) is 11.2 Å². The maximum atomic E-state index is 12.8. The highest BCUT2D eigenvalue weighted by Gasteiger charge is 2.33. The number of aryl methyl sites for hydroxylation is 1. The van der Waals surface area contributed by atoms with E-state index in [1.807, 2.05) is 61.2 Å². The minimum atomic E-state index is -0.505. The van der Waals surface area contributed by atoms with E-state index in [4.69, 9.17) is 4.74 Å². The second kappa shape index (κ2) is 5.84. The molecule has 0 aromatic heterocycles. The molecule has 2 aromatic rings. The average molecular weight is 295 g/mol. The third-order valence-corrected chi connectivity index (χ3v) is 4.19. The second-order valence-corrected chi connectivity index (χ2v) is 5.92. The number of para-hydroxylation sites is 2. The van der Waals surface area contributed by atoms with Gasteiger partial charge in [0.15, 0.2) is 6.10 Å². The molecule has 0 saturated heterocycles. The summed E-state index contributed by atoms with van der Waals surface area (Å²) < 4.78 is 5.89. The fraction of sp³-hybridized carbons (Fsp3) is 0.316. The van der Waals surface area contributed by atoms with Crippen molar-refractivity contribution < 1.29 is 9.53 Å². The van der Waals surface area contributed by atoms with Gasteiger partial charge in [0.05, 0.1) is 0 Å². The van der Waals surface area contributed by atoms with Crippen molar-refractivity contribution >= 4 is 11.6 Å². The SMILES string of the molecule is Cc1ccccc1O[C@@H](C)C(=O)N1c2ccccc2C[C@H]1C. The normalized spacial score (nSPS) is 18.0. The Kier molecular flexibility index (Phi) is 3.88. The minimum absolute atomic E-state index is 0.0145. The standard InChI is InChI=1S/C19H21NO2/c1-13-8-4-7-11-18(13)22-15(3)19(21)20-14(2)12-16-9-5-6-10-17(16)20/h4-11,14-15H,12H2,1-3H3/t14-,15+/m1/s1. The summed E-state index contributed by atoms with van der Waals surface area (Å²) in [6, 6.07) is 16.1. The highest BCUT2D eigenvalue weighted by atomic mass is 16.5. The molecule has 0 radical (unpaired) electrons. The molecule has 2 aromatic carbocycles. The Balaban J connectivity index is 1.81. The Labute approximate surface area is 131 Å². The van der Waals surface area contributed by atoms with Crippen LogP contribution in [0.15, 0.2) is 48.5 Å². The molecule has 1 aliphatic rings. The zero-order chi connectivity index (χ0) is 15.7. The van der Waals surface area contributed by atoms with Crippen LogP contribution in [0, 0.1) is 6.92 Å². The molecule has 0 bridgehead atoms. The summed E-state index contributed by atoms with van der Waals surface area (Å²) in [5.74, 6) is 0.782. The average Bonchev–Trinajstić information content (AvgIpc) is 2.84. The molecular weight excluding hydrogens is 274 g/mol. The molecular formula is C19H21NO2. The molecule has 114 valence electrons. The number of carbonyl (C=O) groups excluding carboxylic acids is 1. The predicted octanol–water partition coefficient (Wildman–Crippen LogP) is 3.74. The van der Waals surface area contributed by atoms with Gasteiger partial charge in [-0.3, -0.25) is 4.79 Å². The van der Waals surface area contributed by atoms with Crippen molar-refractivity contribution in [1.29, 1.82) is 0 Å². The third-order valence-electron chi connectivity index (χ3n) is 4.19. The van der Waals surface area contributed by atoms with Crippen molar-refractivity contribution in [3.8, 4) is 5.75 Å². The quantitative estimate of drug-likeness (QED) is 0.863. The molecule has 0 aliphatic carbocycles. The van der Waals surface area contributed by atoms with Crippen LogP contribution in [0.25, 0.3) is 0 Å². The number of nitrogens with zero attached hydrogens (tertiary/aromatic N) is 1. The molecule has 3 rings (SSSR count). The molecule has 0 N–H and O–H groups in total. The van der Waals surface area contributed by atoms with Crippen LogP contribution in [0.4, 0.5) is 5.69 Å². The topological polar surface area (TPSA) is 29.5 Å². The van der Waals surface area contributed by atoms with Crippen LogP contribution in [0.3, 0.4) is 0 Å². The first-order valence-corrected chi connectivity index (χ1v) is 7.71. The van der Waals surface area contributed by atoms with Gasteiger partial charge in [0.25, 0.3) is 5.91 Å². The van der Waals surface area contributed by atoms with Crippen molar-refractivity contribution in [2.45, 2.75) is 39.3 Å². The maximum Gasteiger partial charge on any atom is 0.268 e. The van der Waals surface area contributed by atoms with E-state index in [0.29, 0.717) is 0 Å². The first-order valence-electron chi connectivity index (χ1n) is 7.71. The summed E-state index contributed by atoms with van der Waals surface area (Å²) in [6.07, 6.45) is 0.397. The summed E-state index contributed by atoms with van der Waals surface area (Å²) in [5, 5.41) is 0. The van der Waals surface area contributed by atoms with Crippen molar-refractivity contribution in [2.75, 3.05) is 4.90 Å². The highest BCUT2D eigenvalue weighted by Crippen LogP contribution is 2.32. The number of carbonyl (C=O) groups is 1. The van der Waals surface area contributed by atoms with E-state index in [2.05, 4.69) is 13.0 Å². The summed E-state index contributed by atoms with van der Waals surface area (Å²) in [7, 11) is 0. The molecule has 0 fully saturated rings. The summed E-state index contributed by atoms with van der Waals surface area (Å²) in [6.45, 7) is 5.89. The number of benzene rings is 2. The lowest BCUT2D eigenvalue weighted by molar-refractivity contribution is -0.124. The Bertz CT molecular complexity index is 695. The monoisotopic (exact) mass is 295 g/mol. The van der Waals surface area contributed by atoms with Crippen molar-refractivity contribution in [1.82, 2.24) is 0 Å². The van der Waals surface area contributed by atoms with E-state index in [1.54, 1.807) is 0 Å². The molecule has 0 spiro atoms. The first-order chi connectivity index (χ1) is 10.6. The number of hydrogen-bond acceptors (Lipinski definition) is 2. The van der Waals surface area contributed by atoms with Crippen LogP contribution in [-0.4, -0.2) is 18.1 Å². The second-order valence-electron chi connectivity index (χ2n) is 5.92. The lowest BCUT2D eigenvalue weighted by Gasteiger charge is -2.26. The van der Waals surface area contributed by atoms with Crippen LogP contribution in [0.5, 0.6) is 5.75 Å². The van der Waals surface area contributed by atoms with Gasteiger partial charge in [-0.05, 0) is 50.5 Å². The lowest BCUT2D eigenvalue weighted by atomic mass is 10.1. The van der Waals surface area contributed by atoms with Crippen molar-refractivity contribution in [3.05, 3.63) is 59.7 Å². The lowest BCUT2D eigenvalue weighted by Crippen LogP contribution is -2.43. The number of fused-ring (bicyclic) bond motifs is 1. The van der Waals surface area contributed by atoms with E-state index in [1.165, 1.54) is 5.56 Å². The van der Waals surface area contributed by atoms with Crippen LogP contribution < -0.4 is 9.64 Å². The van der Waals surface area contributed by atoms with Gasteiger partial charge in [-0.15, -0.1) is 0 Å². The largest absolute Gasteiger partial charge is 0.481 e.